The number of aldehydes is 1. The zero-order valence-electron chi connectivity index (χ0n) is 10.3. The Hall–Kier alpha value is -1.84. The molecule has 0 aliphatic heterocycles. The van der Waals surface area contributed by atoms with E-state index in [0.29, 0.717) is 6.54 Å². The van der Waals surface area contributed by atoms with Gasteiger partial charge >= 0.3 is 0 Å². The van der Waals surface area contributed by atoms with Gasteiger partial charge in [-0.2, -0.15) is 0 Å². The summed E-state index contributed by atoms with van der Waals surface area (Å²) in [5.41, 5.74) is 0.788. The molecule has 0 bridgehead atoms. The number of ether oxygens (including phenoxy) is 1. The van der Waals surface area contributed by atoms with Crippen LogP contribution in [0.5, 0.6) is 5.75 Å². The van der Waals surface area contributed by atoms with Crippen molar-refractivity contribution >= 4 is 12.2 Å². The van der Waals surface area contributed by atoms with Crippen LogP contribution in [0.1, 0.15) is 19.4 Å². The predicted octanol–water partition coefficient (Wildman–Crippen LogP) is 1.29. The van der Waals surface area contributed by atoms with Crippen LogP contribution in [0.3, 0.4) is 0 Å². The summed E-state index contributed by atoms with van der Waals surface area (Å²) in [5.74, 6) is 0.179. The molecule has 1 amide bonds. The lowest BCUT2D eigenvalue weighted by Crippen LogP contribution is -2.37. The quantitative estimate of drug-likeness (QED) is 0.618. The first-order valence-electron chi connectivity index (χ1n) is 5.37. The van der Waals surface area contributed by atoms with Gasteiger partial charge in [0.25, 0.3) is 5.91 Å². The van der Waals surface area contributed by atoms with Crippen LogP contribution in [-0.2, 0) is 15.0 Å². The summed E-state index contributed by atoms with van der Waals surface area (Å²) in [6.07, 6.45) is 0.279. The fraction of sp³-hybridized carbons (Fsp3) is 0.385. The molecule has 1 rings (SSSR count). The third kappa shape index (κ3) is 3.59. The largest absolute Gasteiger partial charge is 0.497 e. The fourth-order valence-electron chi connectivity index (χ4n) is 1.50. The van der Waals surface area contributed by atoms with Crippen molar-refractivity contribution in [3.05, 3.63) is 29.8 Å². The summed E-state index contributed by atoms with van der Waals surface area (Å²) in [6.45, 7) is 4.39. The molecule has 0 saturated heterocycles. The maximum Gasteiger partial charge on any atom is 0.284 e. The van der Waals surface area contributed by atoms with Gasteiger partial charge in [-0.25, -0.2) is 0 Å². The highest BCUT2D eigenvalue weighted by Crippen LogP contribution is 2.25. The average molecular weight is 235 g/mol. The molecule has 0 spiro atoms. The second-order valence-electron chi connectivity index (χ2n) is 4.45. The van der Waals surface area contributed by atoms with E-state index in [1.54, 1.807) is 7.11 Å². The van der Waals surface area contributed by atoms with Gasteiger partial charge in [0.05, 0.1) is 7.11 Å². The standard InChI is InChI=1S/C13H17NO3/c1-13(2,9-14-12(16)8-15)10-5-4-6-11(7-10)17-3/h4-8H,9H2,1-3H3,(H,14,16). The number of carbonyl (C=O) groups is 2. The van der Waals surface area contributed by atoms with Crippen LogP contribution in [-0.4, -0.2) is 25.8 Å². The van der Waals surface area contributed by atoms with Crippen molar-refractivity contribution in [3.63, 3.8) is 0 Å². The van der Waals surface area contributed by atoms with E-state index in [-0.39, 0.29) is 11.7 Å². The van der Waals surface area contributed by atoms with Crippen molar-refractivity contribution in [2.24, 2.45) is 0 Å². The number of amides is 1. The van der Waals surface area contributed by atoms with E-state index in [0.717, 1.165) is 11.3 Å². The topological polar surface area (TPSA) is 55.4 Å². The molecule has 4 heteroatoms. The number of hydrogen-bond donors (Lipinski definition) is 1. The van der Waals surface area contributed by atoms with Crippen LogP contribution in [0.4, 0.5) is 0 Å². The molecule has 0 atom stereocenters. The van der Waals surface area contributed by atoms with Crippen molar-refractivity contribution < 1.29 is 14.3 Å². The Morgan fingerprint density at radius 2 is 2.18 bits per heavy atom. The Morgan fingerprint density at radius 1 is 1.47 bits per heavy atom. The number of rotatable bonds is 5. The van der Waals surface area contributed by atoms with Crippen LogP contribution in [0.25, 0.3) is 0 Å². The molecular formula is C13H17NO3. The summed E-state index contributed by atoms with van der Waals surface area (Å²) in [5, 5.41) is 2.56. The molecule has 0 saturated carbocycles. The third-order valence-corrected chi connectivity index (χ3v) is 2.66. The van der Waals surface area contributed by atoms with E-state index in [1.807, 2.05) is 38.1 Å². The maximum absolute atomic E-state index is 10.9. The molecule has 0 aliphatic rings. The first-order valence-corrected chi connectivity index (χ1v) is 5.37. The summed E-state index contributed by atoms with van der Waals surface area (Å²) < 4.78 is 5.15. The molecule has 92 valence electrons. The molecule has 1 aromatic rings. The molecule has 0 aromatic heterocycles. The Morgan fingerprint density at radius 3 is 2.76 bits per heavy atom. The average Bonchev–Trinajstić information content (AvgIpc) is 2.36. The Kier molecular flexibility index (Phi) is 4.26. The highest BCUT2D eigenvalue weighted by Gasteiger charge is 2.21. The van der Waals surface area contributed by atoms with Crippen molar-refractivity contribution in [1.82, 2.24) is 5.32 Å². The molecule has 0 aliphatic carbocycles. The number of methoxy groups -OCH3 is 1. The Balaban J connectivity index is 2.80. The second kappa shape index (κ2) is 5.48. The van der Waals surface area contributed by atoms with Gasteiger partial charge in [0.1, 0.15) is 5.75 Å². The molecule has 0 heterocycles. The van der Waals surface area contributed by atoms with Crippen molar-refractivity contribution in [1.29, 1.82) is 0 Å². The maximum atomic E-state index is 10.9. The van der Waals surface area contributed by atoms with E-state index in [4.69, 9.17) is 4.74 Å². The minimum Gasteiger partial charge on any atom is -0.497 e. The Bertz CT molecular complexity index is 413. The van der Waals surface area contributed by atoms with Gasteiger partial charge in [-0.15, -0.1) is 0 Å². The molecule has 1 aromatic carbocycles. The van der Waals surface area contributed by atoms with Crippen LogP contribution in [0.15, 0.2) is 24.3 Å². The minimum absolute atomic E-state index is 0.257. The first kappa shape index (κ1) is 13.2. The SMILES string of the molecule is COc1cccc(C(C)(C)CNC(=O)C=O)c1. The molecule has 0 unspecified atom stereocenters. The smallest absolute Gasteiger partial charge is 0.284 e. The van der Waals surface area contributed by atoms with Crippen LogP contribution in [0.2, 0.25) is 0 Å². The number of carbonyl (C=O) groups excluding carboxylic acids is 2. The molecule has 17 heavy (non-hydrogen) atoms. The lowest BCUT2D eigenvalue weighted by Gasteiger charge is -2.25. The van der Waals surface area contributed by atoms with Gasteiger partial charge in [-0.05, 0) is 17.7 Å². The second-order valence-corrected chi connectivity index (χ2v) is 4.45. The predicted molar refractivity (Wildman–Crippen MR) is 65.1 cm³/mol. The fourth-order valence-corrected chi connectivity index (χ4v) is 1.50. The van der Waals surface area contributed by atoms with Crippen molar-refractivity contribution in [2.75, 3.05) is 13.7 Å². The van der Waals surface area contributed by atoms with Gasteiger partial charge in [-0.1, -0.05) is 26.0 Å². The summed E-state index contributed by atoms with van der Waals surface area (Å²) >= 11 is 0. The van der Waals surface area contributed by atoms with E-state index in [9.17, 15) is 9.59 Å². The highest BCUT2D eigenvalue weighted by molar-refractivity contribution is 6.23. The van der Waals surface area contributed by atoms with Crippen molar-refractivity contribution in [2.45, 2.75) is 19.3 Å². The van der Waals surface area contributed by atoms with Gasteiger partial charge in [0.15, 0.2) is 0 Å². The zero-order chi connectivity index (χ0) is 12.9. The minimum atomic E-state index is -0.596. The molecule has 4 nitrogen and oxygen atoms in total. The summed E-state index contributed by atoms with van der Waals surface area (Å²) in [6, 6.07) is 7.66. The van der Waals surface area contributed by atoms with Crippen LogP contribution >= 0.6 is 0 Å². The van der Waals surface area contributed by atoms with Gasteiger partial charge in [0, 0.05) is 12.0 Å². The molecule has 1 N–H and O–H groups in total. The van der Waals surface area contributed by atoms with Gasteiger partial charge in [-0.3, -0.25) is 9.59 Å². The van der Waals surface area contributed by atoms with E-state index in [2.05, 4.69) is 5.32 Å². The summed E-state index contributed by atoms with van der Waals surface area (Å²) in [4.78, 5) is 21.1. The third-order valence-electron chi connectivity index (χ3n) is 2.66. The first-order chi connectivity index (χ1) is 7.99. The molecular weight excluding hydrogens is 218 g/mol. The molecule has 0 radical (unpaired) electrons. The van der Waals surface area contributed by atoms with Crippen molar-refractivity contribution in [3.8, 4) is 5.75 Å². The van der Waals surface area contributed by atoms with E-state index in [1.165, 1.54) is 0 Å². The monoisotopic (exact) mass is 235 g/mol. The number of hydrogen-bond acceptors (Lipinski definition) is 3. The summed E-state index contributed by atoms with van der Waals surface area (Å²) in [7, 11) is 1.61. The van der Waals surface area contributed by atoms with Gasteiger partial charge in [0.2, 0.25) is 6.29 Å². The van der Waals surface area contributed by atoms with E-state index < -0.39 is 5.91 Å². The normalized spacial score (nSPS) is 10.8. The Labute approximate surface area is 101 Å². The number of nitrogens with one attached hydrogen (secondary N) is 1. The van der Waals surface area contributed by atoms with Crippen LogP contribution in [0, 0.1) is 0 Å². The van der Waals surface area contributed by atoms with Gasteiger partial charge < -0.3 is 10.1 Å². The van der Waals surface area contributed by atoms with E-state index >= 15 is 0 Å². The zero-order valence-corrected chi connectivity index (χ0v) is 10.3. The lowest BCUT2D eigenvalue weighted by molar-refractivity contribution is -0.131. The number of benzene rings is 1. The lowest BCUT2D eigenvalue weighted by atomic mass is 9.84. The van der Waals surface area contributed by atoms with Crippen LogP contribution < -0.4 is 10.1 Å². The highest BCUT2D eigenvalue weighted by atomic mass is 16.5. The molecule has 0 fully saturated rings.